The summed E-state index contributed by atoms with van der Waals surface area (Å²) in [5.41, 5.74) is 5.54. The summed E-state index contributed by atoms with van der Waals surface area (Å²) in [5.74, 6) is 2.21. The Balaban J connectivity index is 1.61. The maximum Gasteiger partial charge on any atom is 0.120 e. The molecular formula is C21H24N2O2. The van der Waals surface area contributed by atoms with Crippen molar-refractivity contribution >= 4 is 11.4 Å². The van der Waals surface area contributed by atoms with Gasteiger partial charge in [0.2, 0.25) is 0 Å². The van der Waals surface area contributed by atoms with E-state index in [-0.39, 0.29) is 6.10 Å². The molecule has 1 saturated heterocycles. The third-order valence-electron chi connectivity index (χ3n) is 5.74. The number of fused-ring (bicyclic) bond motifs is 5. The molecule has 3 aliphatic rings. The van der Waals surface area contributed by atoms with E-state index >= 15 is 0 Å². The minimum Gasteiger partial charge on any atom is -0.497 e. The average Bonchev–Trinajstić information content (AvgIpc) is 3.47. The summed E-state index contributed by atoms with van der Waals surface area (Å²) in [4.78, 5) is 2.46. The first-order chi connectivity index (χ1) is 12.3. The van der Waals surface area contributed by atoms with Crippen molar-refractivity contribution in [2.24, 2.45) is 0 Å². The molecule has 2 aliphatic heterocycles. The largest absolute Gasteiger partial charge is 0.497 e. The van der Waals surface area contributed by atoms with Crippen molar-refractivity contribution in [2.75, 3.05) is 38.3 Å². The second-order valence-electron chi connectivity index (χ2n) is 7.24. The normalized spacial score (nSPS) is 26.9. The van der Waals surface area contributed by atoms with Gasteiger partial charge < -0.3 is 19.7 Å². The van der Waals surface area contributed by atoms with E-state index in [2.05, 4.69) is 52.7 Å². The lowest BCUT2D eigenvalue weighted by atomic mass is 10.0. The Hall–Kier alpha value is -2.04. The highest BCUT2D eigenvalue weighted by Gasteiger charge is 2.45. The molecule has 0 radical (unpaired) electrons. The highest BCUT2D eigenvalue weighted by atomic mass is 16.5. The van der Waals surface area contributed by atoms with Gasteiger partial charge in [-0.2, -0.15) is 0 Å². The van der Waals surface area contributed by atoms with Gasteiger partial charge in [0.1, 0.15) is 5.75 Å². The Morgan fingerprint density at radius 2 is 1.96 bits per heavy atom. The van der Waals surface area contributed by atoms with Gasteiger partial charge in [0.15, 0.2) is 0 Å². The number of hydrogen-bond acceptors (Lipinski definition) is 4. The van der Waals surface area contributed by atoms with Crippen molar-refractivity contribution < 1.29 is 9.47 Å². The fourth-order valence-electron chi connectivity index (χ4n) is 4.39. The summed E-state index contributed by atoms with van der Waals surface area (Å²) in [6, 6.07) is 15.4. The van der Waals surface area contributed by atoms with Gasteiger partial charge in [-0.25, -0.2) is 0 Å². The van der Waals surface area contributed by atoms with Crippen molar-refractivity contribution in [3.05, 3.63) is 53.6 Å². The highest BCUT2D eigenvalue weighted by molar-refractivity contribution is 5.76. The molecule has 0 aromatic heterocycles. The molecule has 25 heavy (non-hydrogen) atoms. The third-order valence-corrected chi connectivity index (χ3v) is 5.74. The number of nitrogens with zero attached hydrogens (tertiary/aromatic N) is 1. The third kappa shape index (κ3) is 2.60. The molecule has 2 aromatic rings. The zero-order valence-electron chi connectivity index (χ0n) is 14.6. The maximum absolute atomic E-state index is 6.01. The summed E-state index contributed by atoms with van der Waals surface area (Å²) in [6.45, 7) is 3.51. The van der Waals surface area contributed by atoms with Gasteiger partial charge in [-0.15, -0.1) is 0 Å². The Kier molecular flexibility index (Phi) is 3.68. The summed E-state index contributed by atoms with van der Waals surface area (Å²) in [5, 5.41) is 3.45. The topological polar surface area (TPSA) is 33.7 Å². The van der Waals surface area contributed by atoms with Crippen molar-refractivity contribution in [3.8, 4) is 5.75 Å². The van der Waals surface area contributed by atoms with E-state index in [1.54, 1.807) is 7.11 Å². The van der Waals surface area contributed by atoms with E-state index in [1.807, 2.05) is 0 Å². The second kappa shape index (κ2) is 6.04. The number of anilines is 2. The standard InChI is InChI=1S/C21H24N2O2/c1-24-14-6-7-17-19-11-18(19)16-4-2-3-5-20(16)23(21(17)10-14)13-15-12-22-8-9-25-15/h2-7,10,15,18-19,22H,8-9,11-13H2,1H3. The van der Waals surface area contributed by atoms with Crippen LogP contribution in [0.1, 0.15) is 29.4 Å². The molecule has 3 unspecified atom stereocenters. The smallest absolute Gasteiger partial charge is 0.120 e. The van der Waals surface area contributed by atoms with Crippen LogP contribution in [0.4, 0.5) is 11.4 Å². The van der Waals surface area contributed by atoms with Gasteiger partial charge in [0.25, 0.3) is 0 Å². The van der Waals surface area contributed by atoms with E-state index in [4.69, 9.17) is 9.47 Å². The first kappa shape index (κ1) is 15.2. The second-order valence-corrected chi connectivity index (χ2v) is 7.24. The Bertz CT molecular complexity index is 785. The maximum atomic E-state index is 6.01. The van der Waals surface area contributed by atoms with Crippen LogP contribution in [0.2, 0.25) is 0 Å². The minimum atomic E-state index is 0.204. The molecular weight excluding hydrogens is 312 g/mol. The summed E-state index contributed by atoms with van der Waals surface area (Å²) in [7, 11) is 1.74. The lowest BCUT2D eigenvalue weighted by Crippen LogP contribution is -2.44. The van der Waals surface area contributed by atoms with Crippen LogP contribution < -0.4 is 15.0 Å². The summed E-state index contributed by atoms with van der Waals surface area (Å²) >= 11 is 0. The number of morpholine rings is 1. The van der Waals surface area contributed by atoms with Crippen molar-refractivity contribution in [3.63, 3.8) is 0 Å². The van der Waals surface area contributed by atoms with Crippen LogP contribution in [0.15, 0.2) is 42.5 Å². The fourth-order valence-corrected chi connectivity index (χ4v) is 4.39. The van der Waals surface area contributed by atoms with Gasteiger partial charge in [0.05, 0.1) is 26.4 Å². The van der Waals surface area contributed by atoms with Crippen LogP contribution in [-0.2, 0) is 4.74 Å². The lowest BCUT2D eigenvalue weighted by Gasteiger charge is -2.33. The van der Waals surface area contributed by atoms with Crippen LogP contribution >= 0.6 is 0 Å². The molecule has 5 rings (SSSR count). The van der Waals surface area contributed by atoms with Gasteiger partial charge in [-0.3, -0.25) is 0 Å². The molecule has 2 aromatic carbocycles. The van der Waals surface area contributed by atoms with E-state index in [1.165, 1.54) is 28.9 Å². The fraction of sp³-hybridized carbons (Fsp3) is 0.429. The number of ether oxygens (including phenoxy) is 2. The van der Waals surface area contributed by atoms with E-state index in [0.29, 0.717) is 11.8 Å². The van der Waals surface area contributed by atoms with Crippen LogP contribution in [0, 0.1) is 0 Å². The summed E-state index contributed by atoms with van der Waals surface area (Å²) < 4.78 is 11.5. The van der Waals surface area contributed by atoms with Crippen molar-refractivity contribution in [1.82, 2.24) is 5.32 Å². The van der Waals surface area contributed by atoms with Crippen LogP contribution in [0.3, 0.4) is 0 Å². The van der Waals surface area contributed by atoms with Crippen LogP contribution in [0.25, 0.3) is 0 Å². The molecule has 2 heterocycles. The number of methoxy groups -OCH3 is 1. The molecule has 130 valence electrons. The number of rotatable bonds is 3. The lowest BCUT2D eigenvalue weighted by molar-refractivity contribution is 0.0346. The van der Waals surface area contributed by atoms with E-state index < -0.39 is 0 Å². The van der Waals surface area contributed by atoms with E-state index in [0.717, 1.165) is 32.0 Å². The number of para-hydroxylation sites is 1. The van der Waals surface area contributed by atoms with Gasteiger partial charge in [-0.05, 0) is 41.5 Å². The molecule has 1 N–H and O–H groups in total. The van der Waals surface area contributed by atoms with Crippen molar-refractivity contribution in [2.45, 2.75) is 24.4 Å². The molecule has 4 nitrogen and oxygen atoms in total. The highest BCUT2D eigenvalue weighted by Crippen LogP contribution is 2.61. The van der Waals surface area contributed by atoms with Crippen molar-refractivity contribution in [1.29, 1.82) is 0 Å². The molecule has 3 atom stereocenters. The predicted molar refractivity (Wildman–Crippen MR) is 99.2 cm³/mol. The molecule has 0 bridgehead atoms. The minimum absolute atomic E-state index is 0.204. The predicted octanol–water partition coefficient (Wildman–Crippen LogP) is 3.41. The first-order valence-corrected chi connectivity index (χ1v) is 9.22. The molecule has 0 amide bonds. The number of benzene rings is 2. The van der Waals surface area contributed by atoms with E-state index in [9.17, 15) is 0 Å². The Labute approximate surface area is 148 Å². The molecule has 4 heteroatoms. The SMILES string of the molecule is COc1ccc2c(c1)N(CC1CNCCO1)c1ccccc1C1CC21. The zero-order chi connectivity index (χ0) is 16.8. The van der Waals surface area contributed by atoms with Gasteiger partial charge in [-0.1, -0.05) is 24.3 Å². The quantitative estimate of drug-likeness (QED) is 0.931. The summed E-state index contributed by atoms with van der Waals surface area (Å²) in [6.07, 6.45) is 1.46. The monoisotopic (exact) mass is 336 g/mol. The average molecular weight is 336 g/mol. The zero-order valence-corrected chi connectivity index (χ0v) is 14.6. The van der Waals surface area contributed by atoms with Gasteiger partial charge in [0, 0.05) is 30.5 Å². The molecule has 0 spiro atoms. The molecule has 2 fully saturated rings. The first-order valence-electron chi connectivity index (χ1n) is 9.22. The number of hydrogen-bond donors (Lipinski definition) is 1. The van der Waals surface area contributed by atoms with Crippen LogP contribution in [-0.4, -0.2) is 39.5 Å². The molecule has 1 saturated carbocycles. The van der Waals surface area contributed by atoms with Crippen LogP contribution in [0.5, 0.6) is 5.75 Å². The molecule has 1 aliphatic carbocycles. The number of nitrogens with one attached hydrogen (secondary N) is 1. The Morgan fingerprint density at radius 3 is 2.76 bits per heavy atom. The van der Waals surface area contributed by atoms with Gasteiger partial charge >= 0.3 is 0 Å². The Morgan fingerprint density at radius 1 is 1.12 bits per heavy atom.